The van der Waals surface area contributed by atoms with Gasteiger partial charge in [-0.25, -0.2) is 4.98 Å². The molecule has 2 nitrogen and oxygen atoms in total. The molecule has 0 aliphatic carbocycles. The lowest BCUT2D eigenvalue weighted by molar-refractivity contribution is -0.105. The first kappa shape index (κ1) is 9.13. The Bertz CT molecular complexity index is 275. The van der Waals surface area contributed by atoms with Crippen LogP contribution in [0.15, 0.2) is 17.2 Å². The molecule has 0 bridgehead atoms. The maximum absolute atomic E-state index is 10.6. The Hall–Kier alpha value is -0.960. The zero-order valence-corrected chi connectivity index (χ0v) is 7.97. The molecule has 0 spiro atoms. The van der Waals surface area contributed by atoms with E-state index >= 15 is 0 Å². The van der Waals surface area contributed by atoms with Crippen molar-refractivity contribution in [3.63, 3.8) is 0 Å². The molecule has 0 saturated heterocycles. The van der Waals surface area contributed by atoms with Crippen LogP contribution in [0.3, 0.4) is 0 Å². The average molecular weight is 181 g/mol. The van der Waals surface area contributed by atoms with Gasteiger partial charge in [-0.1, -0.05) is 13.8 Å². The van der Waals surface area contributed by atoms with E-state index in [-0.39, 0.29) is 5.92 Å². The van der Waals surface area contributed by atoms with Crippen molar-refractivity contribution in [3.8, 4) is 0 Å². The lowest BCUT2D eigenvalue weighted by atomic mass is 10.1. The van der Waals surface area contributed by atoms with Gasteiger partial charge in [-0.3, -0.25) is 4.79 Å². The summed E-state index contributed by atoms with van der Waals surface area (Å²) < 4.78 is 0. The molecule has 1 heterocycles. The highest BCUT2D eigenvalue weighted by molar-refractivity contribution is 7.10. The summed E-state index contributed by atoms with van der Waals surface area (Å²) in [4.78, 5) is 14.7. The van der Waals surface area contributed by atoms with E-state index in [2.05, 4.69) is 4.98 Å². The zero-order valence-electron chi connectivity index (χ0n) is 7.15. The van der Waals surface area contributed by atoms with Crippen LogP contribution in [0.2, 0.25) is 0 Å². The summed E-state index contributed by atoms with van der Waals surface area (Å²) in [6, 6.07) is 0. The van der Waals surface area contributed by atoms with Crippen molar-refractivity contribution < 1.29 is 4.79 Å². The molecule has 0 N–H and O–H groups in total. The molecule has 0 saturated carbocycles. The highest BCUT2D eigenvalue weighted by atomic mass is 32.1. The molecule has 0 fully saturated rings. The van der Waals surface area contributed by atoms with Gasteiger partial charge in [0.2, 0.25) is 0 Å². The second-order valence-corrected chi connectivity index (χ2v) is 3.71. The fraction of sp³-hybridized carbons (Fsp3) is 0.333. The summed E-state index contributed by atoms with van der Waals surface area (Å²) in [5.41, 5.74) is 0.796. The summed E-state index contributed by atoms with van der Waals surface area (Å²) in [6.45, 7) is 3.99. The Balaban J connectivity index is 2.85. The largest absolute Gasteiger partial charge is 0.298 e. The van der Waals surface area contributed by atoms with Gasteiger partial charge >= 0.3 is 0 Å². The van der Waals surface area contributed by atoms with Crippen molar-refractivity contribution in [2.45, 2.75) is 13.8 Å². The number of allylic oxidation sites excluding steroid dienone is 1. The first-order chi connectivity index (χ1) is 5.74. The van der Waals surface area contributed by atoms with E-state index in [9.17, 15) is 4.79 Å². The van der Waals surface area contributed by atoms with Crippen LogP contribution in [0.1, 0.15) is 18.9 Å². The van der Waals surface area contributed by atoms with Crippen molar-refractivity contribution in [2.24, 2.45) is 5.92 Å². The third-order valence-electron chi connectivity index (χ3n) is 1.54. The standard InChI is InChI=1S/C9H11NOS/c1-7(2)8(6-11)5-9-10-3-4-12-9/h3-7H,1-2H3/b8-5+. The second-order valence-electron chi connectivity index (χ2n) is 2.79. The summed E-state index contributed by atoms with van der Waals surface area (Å²) in [6.07, 6.45) is 4.47. The van der Waals surface area contributed by atoms with Gasteiger partial charge in [0.25, 0.3) is 0 Å². The summed E-state index contributed by atoms with van der Waals surface area (Å²) in [5.74, 6) is 0.270. The molecule has 12 heavy (non-hydrogen) atoms. The molecule has 0 aliphatic heterocycles. The number of aldehydes is 1. The van der Waals surface area contributed by atoms with Gasteiger partial charge in [0.1, 0.15) is 11.3 Å². The van der Waals surface area contributed by atoms with Crippen LogP contribution in [0.5, 0.6) is 0 Å². The normalized spacial score (nSPS) is 12.1. The van der Waals surface area contributed by atoms with Gasteiger partial charge in [0.05, 0.1) is 0 Å². The van der Waals surface area contributed by atoms with Crippen molar-refractivity contribution in [1.29, 1.82) is 0 Å². The third kappa shape index (κ3) is 2.27. The Kier molecular flexibility index (Phi) is 3.17. The van der Waals surface area contributed by atoms with Gasteiger partial charge in [0, 0.05) is 11.6 Å². The predicted molar refractivity (Wildman–Crippen MR) is 51.0 cm³/mol. The van der Waals surface area contributed by atoms with Gasteiger partial charge in [-0.05, 0) is 17.6 Å². The molecule has 1 aromatic heterocycles. The topological polar surface area (TPSA) is 30.0 Å². The van der Waals surface area contributed by atoms with Crippen LogP contribution in [0.25, 0.3) is 6.08 Å². The van der Waals surface area contributed by atoms with Crippen LogP contribution in [-0.2, 0) is 4.79 Å². The lowest BCUT2D eigenvalue weighted by Crippen LogP contribution is -1.94. The van der Waals surface area contributed by atoms with E-state index < -0.39 is 0 Å². The van der Waals surface area contributed by atoms with E-state index in [1.807, 2.05) is 25.3 Å². The Labute approximate surface area is 76.0 Å². The van der Waals surface area contributed by atoms with Gasteiger partial charge in [0.15, 0.2) is 0 Å². The van der Waals surface area contributed by atoms with Gasteiger partial charge in [-0.2, -0.15) is 0 Å². The quantitative estimate of drug-likeness (QED) is 0.529. The fourth-order valence-electron chi connectivity index (χ4n) is 0.785. The number of carbonyl (C=O) groups excluding carboxylic acids is 1. The highest BCUT2D eigenvalue weighted by Crippen LogP contribution is 2.13. The number of thiazole rings is 1. The minimum Gasteiger partial charge on any atom is -0.298 e. The smallest absolute Gasteiger partial charge is 0.146 e. The maximum Gasteiger partial charge on any atom is 0.146 e. The molecule has 0 amide bonds. The van der Waals surface area contributed by atoms with E-state index in [1.165, 1.54) is 11.3 Å². The first-order valence-electron chi connectivity index (χ1n) is 3.80. The Morgan fingerprint density at radius 1 is 1.67 bits per heavy atom. The molecule has 0 aliphatic rings. The predicted octanol–water partition coefficient (Wildman–Crippen LogP) is 2.38. The van der Waals surface area contributed by atoms with Crippen LogP contribution in [0.4, 0.5) is 0 Å². The number of rotatable bonds is 3. The van der Waals surface area contributed by atoms with Crippen LogP contribution in [-0.4, -0.2) is 11.3 Å². The Morgan fingerprint density at radius 3 is 2.83 bits per heavy atom. The number of carbonyl (C=O) groups is 1. The SMILES string of the molecule is CC(C)/C(C=O)=C/c1nccs1. The fourth-order valence-corrected chi connectivity index (χ4v) is 1.37. The minimum atomic E-state index is 0.270. The van der Waals surface area contributed by atoms with E-state index in [0.29, 0.717) is 0 Å². The van der Waals surface area contributed by atoms with Crippen LogP contribution in [0, 0.1) is 5.92 Å². The lowest BCUT2D eigenvalue weighted by Gasteiger charge is -2.00. The molecule has 64 valence electrons. The van der Waals surface area contributed by atoms with E-state index in [4.69, 9.17) is 0 Å². The number of nitrogens with zero attached hydrogens (tertiary/aromatic N) is 1. The maximum atomic E-state index is 10.6. The van der Waals surface area contributed by atoms with E-state index in [0.717, 1.165) is 16.9 Å². The first-order valence-corrected chi connectivity index (χ1v) is 4.68. The van der Waals surface area contributed by atoms with Crippen LogP contribution >= 0.6 is 11.3 Å². The molecule has 0 aromatic carbocycles. The highest BCUT2D eigenvalue weighted by Gasteiger charge is 2.01. The number of hydrogen-bond acceptors (Lipinski definition) is 3. The summed E-state index contributed by atoms with van der Waals surface area (Å²) in [5, 5.41) is 2.79. The van der Waals surface area contributed by atoms with E-state index in [1.54, 1.807) is 6.20 Å². The van der Waals surface area contributed by atoms with Gasteiger partial charge in [-0.15, -0.1) is 11.3 Å². The van der Waals surface area contributed by atoms with Crippen molar-refractivity contribution in [2.75, 3.05) is 0 Å². The monoisotopic (exact) mass is 181 g/mol. The third-order valence-corrected chi connectivity index (χ3v) is 2.27. The zero-order chi connectivity index (χ0) is 8.97. The average Bonchev–Trinajstić information content (AvgIpc) is 2.51. The number of aromatic nitrogens is 1. The molecule has 3 heteroatoms. The summed E-state index contributed by atoms with van der Waals surface area (Å²) in [7, 11) is 0. The minimum absolute atomic E-state index is 0.270. The molecule has 0 atom stereocenters. The van der Waals surface area contributed by atoms with Gasteiger partial charge < -0.3 is 0 Å². The number of hydrogen-bond donors (Lipinski definition) is 0. The molecule has 1 aromatic rings. The van der Waals surface area contributed by atoms with Crippen LogP contribution < -0.4 is 0 Å². The van der Waals surface area contributed by atoms with Crippen molar-refractivity contribution >= 4 is 23.7 Å². The molecule has 0 unspecified atom stereocenters. The van der Waals surface area contributed by atoms with Crippen molar-refractivity contribution in [1.82, 2.24) is 4.98 Å². The summed E-state index contributed by atoms with van der Waals surface area (Å²) >= 11 is 1.54. The molecular weight excluding hydrogens is 170 g/mol. The molecule has 0 radical (unpaired) electrons. The Morgan fingerprint density at radius 2 is 2.42 bits per heavy atom. The second kappa shape index (κ2) is 4.16. The van der Waals surface area contributed by atoms with Crippen molar-refractivity contribution in [3.05, 3.63) is 22.2 Å². The molecular formula is C9H11NOS. The molecule has 1 rings (SSSR count).